The number of nitrogens with one attached hydrogen (secondary N) is 1. The fraction of sp³-hybridized carbons (Fsp3) is 0.900. The van der Waals surface area contributed by atoms with E-state index in [1.165, 1.54) is 51.4 Å². The van der Waals surface area contributed by atoms with Crippen molar-refractivity contribution in [3.63, 3.8) is 0 Å². The van der Waals surface area contributed by atoms with Gasteiger partial charge in [-0.1, -0.05) is 46.3 Å². The predicted octanol–water partition coefficient (Wildman–Crippen LogP) is 6.77. The molecule has 3 nitrogen and oxygen atoms in total. The summed E-state index contributed by atoms with van der Waals surface area (Å²) in [5.74, 6) is 3.63. The molecule has 1 N–H and O–H groups in total. The van der Waals surface area contributed by atoms with E-state index in [0.29, 0.717) is 46.0 Å². The van der Waals surface area contributed by atoms with Gasteiger partial charge in [0, 0.05) is 14.2 Å². The molecule has 0 spiro atoms. The molecule has 4 fully saturated rings. The summed E-state index contributed by atoms with van der Waals surface area (Å²) in [6.45, 7) is 12.6. The van der Waals surface area contributed by atoms with Gasteiger partial charge in [-0.05, 0) is 110 Å². The predicted molar refractivity (Wildman–Crippen MR) is 135 cm³/mol. The van der Waals surface area contributed by atoms with Crippen LogP contribution in [0.2, 0.25) is 0 Å². The number of hydrogen-bond donors (Lipinski definition) is 1. The molecule has 0 aromatic carbocycles. The van der Waals surface area contributed by atoms with E-state index in [0.717, 1.165) is 24.7 Å². The topological polar surface area (TPSA) is 38.3 Å². The van der Waals surface area contributed by atoms with Crippen molar-refractivity contribution in [1.29, 1.82) is 0 Å². The Labute approximate surface area is 202 Å². The van der Waals surface area contributed by atoms with Crippen molar-refractivity contribution in [3.05, 3.63) is 11.6 Å². The SMILES string of the molecule is CNC(=O)C12CCC3C(=CCC4C3(C)CCC3C(C)C(OC)CCC34C)C1CC(C)(C)CC2. The number of carbonyl (C=O) groups excluding carboxylic acids is 1. The Bertz CT molecular complexity index is 831. The van der Waals surface area contributed by atoms with E-state index in [9.17, 15) is 4.79 Å². The summed E-state index contributed by atoms with van der Waals surface area (Å²) in [7, 11) is 3.77. The number of fused-ring (bicyclic) bond motifs is 7. The molecule has 9 unspecified atom stereocenters. The van der Waals surface area contributed by atoms with Crippen LogP contribution in [0.3, 0.4) is 0 Å². The number of hydrogen-bond acceptors (Lipinski definition) is 2. The highest BCUT2D eigenvalue weighted by molar-refractivity contribution is 5.83. The lowest BCUT2D eigenvalue weighted by Crippen LogP contribution is -2.61. The molecule has 33 heavy (non-hydrogen) atoms. The van der Waals surface area contributed by atoms with Crippen molar-refractivity contribution < 1.29 is 9.53 Å². The molecular weight excluding hydrogens is 406 g/mol. The maximum absolute atomic E-state index is 13.4. The van der Waals surface area contributed by atoms with Gasteiger partial charge in [-0.25, -0.2) is 0 Å². The maximum atomic E-state index is 13.4. The van der Waals surface area contributed by atoms with Gasteiger partial charge in [-0.2, -0.15) is 0 Å². The van der Waals surface area contributed by atoms with Gasteiger partial charge in [0.15, 0.2) is 0 Å². The molecule has 5 aliphatic rings. The molecule has 0 saturated heterocycles. The number of ether oxygens (including phenoxy) is 1. The Balaban J connectivity index is 1.52. The maximum Gasteiger partial charge on any atom is 0.226 e. The number of methoxy groups -OCH3 is 1. The zero-order chi connectivity index (χ0) is 23.8. The van der Waals surface area contributed by atoms with Crippen LogP contribution in [0.1, 0.15) is 98.8 Å². The second-order valence-corrected chi connectivity index (χ2v) is 14.1. The van der Waals surface area contributed by atoms with Gasteiger partial charge in [0.25, 0.3) is 0 Å². The molecule has 4 saturated carbocycles. The molecule has 0 bridgehead atoms. The second-order valence-electron chi connectivity index (χ2n) is 14.1. The molecule has 0 aromatic rings. The number of carbonyl (C=O) groups is 1. The lowest BCUT2D eigenvalue weighted by molar-refractivity contribution is -0.164. The highest BCUT2D eigenvalue weighted by Gasteiger charge is 2.64. The van der Waals surface area contributed by atoms with E-state index in [1.54, 1.807) is 5.57 Å². The summed E-state index contributed by atoms with van der Waals surface area (Å²) in [6, 6.07) is 0. The monoisotopic (exact) mass is 455 g/mol. The molecule has 0 aromatic heterocycles. The minimum absolute atomic E-state index is 0.165. The second kappa shape index (κ2) is 7.84. The molecule has 186 valence electrons. The Hall–Kier alpha value is -0.830. The van der Waals surface area contributed by atoms with Gasteiger partial charge in [0.2, 0.25) is 5.91 Å². The van der Waals surface area contributed by atoms with E-state index in [2.05, 4.69) is 46.0 Å². The van der Waals surface area contributed by atoms with E-state index >= 15 is 0 Å². The Morgan fingerprint density at radius 3 is 2.39 bits per heavy atom. The van der Waals surface area contributed by atoms with Gasteiger partial charge < -0.3 is 10.1 Å². The highest BCUT2D eigenvalue weighted by atomic mass is 16.5. The van der Waals surface area contributed by atoms with E-state index in [1.807, 2.05) is 14.2 Å². The molecule has 5 aliphatic carbocycles. The van der Waals surface area contributed by atoms with Crippen LogP contribution in [-0.4, -0.2) is 26.2 Å². The highest BCUT2D eigenvalue weighted by Crippen LogP contribution is 2.70. The van der Waals surface area contributed by atoms with Crippen LogP contribution in [0, 0.1) is 51.2 Å². The van der Waals surface area contributed by atoms with Crippen molar-refractivity contribution >= 4 is 5.91 Å². The standard InChI is InChI=1S/C30H49NO2/c1-19-21-10-13-29(5)22-11-15-30(26(32)31-6)17-16-27(2,3)18-23(30)20(22)8-9-25(29)28(21,4)14-12-24(19)33-7/h8,19,21-25H,9-18H2,1-7H3,(H,31,32). The van der Waals surface area contributed by atoms with Crippen LogP contribution >= 0.6 is 0 Å². The molecule has 5 rings (SSSR count). The quantitative estimate of drug-likeness (QED) is 0.467. The van der Waals surface area contributed by atoms with Gasteiger partial charge in [-0.15, -0.1) is 0 Å². The van der Waals surface area contributed by atoms with Gasteiger partial charge in [0.1, 0.15) is 0 Å². The van der Waals surface area contributed by atoms with Crippen molar-refractivity contribution in [3.8, 4) is 0 Å². The van der Waals surface area contributed by atoms with E-state index in [-0.39, 0.29) is 5.41 Å². The normalized spacial score (nSPS) is 50.7. The number of rotatable bonds is 2. The summed E-state index contributed by atoms with van der Waals surface area (Å²) in [4.78, 5) is 13.4. The van der Waals surface area contributed by atoms with Gasteiger partial charge in [-0.3, -0.25) is 4.79 Å². The molecule has 9 atom stereocenters. The largest absolute Gasteiger partial charge is 0.381 e. The van der Waals surface area contributed by atoms with Crippen LogP contribution in [0.25, 0.3) is 0 Å². The lowest BCUT2D eigenvalue weighted by atomic mass is 9.38. The third kappa shape index (κ3) is 3.26. The zero-order valence-electron chi connectivity index (χ0n) is 22.4. The van der Waals surface area contributed by atoms with Gasteiger partial charge >= 0.3 is 0 Å². The van der Waals surface area contributed by atoms with Gasteiger partial charge in [0.05, 0.1) is 11.5 Å². The molecule has 0 heterocycles. The Morgan fingerprint density at radius 2 is 1.70 bits per heavy atom. The van der Waals surface area contributed by atoms with Crippen LogP contribution in [0.15, 0.2) is 11.6 Å². The average Bonchev–Trinajstić information content (AvgIpc) is 2.78. The summed E-state index contributed by atoms with van der Waals surface area (Å²) in [5, 5.41) is 3.09. The average molecular weight is 456 g/mol. The molecule has 0 aliphatic heterocycles. The summed E-state index contributed by atoms with van der Waals surface area (Å²) in [5.41, 5.74) is 2.66. The smallest absolute Gasteiger partial charge is 0.226 e. The molecule has 1 amide bonds. The third-order valence-electron chi connectivity index (χ3n) is 12.3. The molecular formula is C30H49NO2. The molecule has 0 radical (unpaired) electrons. The minimum Gasteiger partial charge on any atom is -0.381 e. The first-order chi connectivity index (χ1) is 15.5. The fourth-order valence-electron chi connectivity index (χ4n) is 10.5. The summed E-state index contributed by atoms with van der Waals surface area (Å²) < 4.78 is 5.92. The van der Waals surface area contributed by atoms with Crippen molar-refractivity contribution in [1.82, 2.24) is 5.32 Å². The number of allylic oxidation sites excluding steroid dienone is 2. The fourth-order valence-corrected chi connectivity index (χ4v) is 10.5. The first kappa shape index (κ1) is 23.9. The minimum atomic E-state index is -0.165. The first-order valence-electron chi connectivity index (χ1n) is 14.0. The van der Waals surface area contributed by atoms with Crippen LogP contribution < -0.4 is 5.32 Å². The summed E-state index contributed by atoms with van der Waals surface area (Å²) >= 11 is 0. The van der Waals surface area contributed by atoms with Crippen molar-refractivity contribution in [2.75, 3.05) is 14.2 Å². The lowest BCUT2D eigenvalue weighted by Gasteiger charge is -2.66. The Kier molecular flexibility index (Phi) is 5.67. The third-order valence-corrected chi connectivity index (χ3v) is 12.3. The van der Waals surface area contributed by atoms with Crippen LogP contribution in [0.5, 0.6) is 0 Å². The van der Waals surface area contributed by atoms with E-state index in [4.69, 9.17) is 4.74 Å². The Morgan fingerprint density at radius 1 is 0.970 bits per heavy atom. The zero-order valence-corrected chi connectivity index (χ0v) is 22.4. The van der Waals surface area contributed by atoms with Crippen molar-refractivity contribution in [2.24, 2.45) is 51.2 Å². The van der Waals surface area contributed by atoms with Crippen LogP contribution in [-0.2, 0) is 9.53 Å². The van der Waals surface area contributed by atoms with Crippen LogP contribution in [0.4, 0.5) is 0 Å². The van der Waals surface area contributed by atoms with E-state index < -0.39 is 0 Å². The number of amides is 1. The first-order valence-corrected chi connectivity index (χ1v) is 14.0. The molecule has 3 heteroatoms. The summed E-state index contributed by atoms with van der Waals surface area (Å²) in [6.07, 6.45) is 15.3. The van der Waals surface area contributed by atoms with Crippen molar-refractivity contribution in [2.45, 2.75) is 105 Å².